The van der Waals surface area contributed by atoms with Crippen LogP contribution in [0.3, 0.4) is 0 Å². The van der Waals surface area contributed by atoms with Crippen LogP contribution in [0.4, 0.5) is 0 Å². The van der Waals surface area contributed by atoms with Crippen molar-refractivity contribution >= 4 is 11.8 Å². The Bertz CT molecular complexity index is 833. The van der Waals surface area contributed by atoms with E-state index in [1.807, 2.05) is 31.2 Å². The SMILES string of the molecule is Cc1ccccc1OCCCN(C)C(=O)c1cc2n(n1)CC(O)CNC2=O. The molecule has 0 bridgehead atoms. The molecular formula is C19H24N4O4. The number of hydrogen-bond donors (Lipinski definition) is 2. The Hall–Kier alpha value is -2.87. The van der Waals surface area contributed by atoms with Crippen molar-refractivity contribution in [3.05, 3.63) is 47.3 Å². The summed E-state index contributed by atoms with van der Waals surface area (Å²) in [6, 6.07) is 9.26. The lowest BCUT2D eigenvalue weighted by atomic mass is 10.2. The van der Waals surface area contributed by atoms with Crippen LogP contribution in [0.25, 0.3) is 0 Å². The number of para-hydroxylation sites is 1. The number of ether oxygens (including phenoxy) is 1. The molecule has 2 amide bonds. The molecule has 0 spiro atoms. The van der Waals surface area contributed by atoms with Crippen molar-refractivity contribution in [1.29, 1.82) is 0 Å². The first-order valence-electron chi connectivity index (χ1n) is 8.93. The van der Waals surface area contributed by atoms with Crippen LogP contribution in [0.15, 0.2) is 30.3 Å². The number of aromatic nitrogens is 2. The van der Waals surface area contributed by atoms with Crippen molar-refractivity contribution in [2.75, 3.05) is 26.7 Å². The third kappa shape index (κ3) is 4.46. The average Bonchev–Trinajstić information content (AvgIpc) is 3.02. The molecular weight excluding hydrogens is 348 g/mol. The number of amides is 2. The quantitative estimate of drug-likeness (QED) is 0.733. The Kier molecular flexibility index (Phi) is 5.75. The first kappa shape index (κ1) is 18.9. The van der Waals surface area contributed by atoms with E-state index in [4.69, 9.17) is 4.74 Å². The number of benzene rings is 1. The van der Waals surface area contributed by atoms with E-state index in [1.54, 1.807) is 11.9 Å². The van der Waals surface area contributed by atoms with Crippen molar-refractivity contribution in [2.45, 2.75) is 26.0 Å². The molecule has 1 aliphatic heterocycles. The summed E-state index contributed by atoms with van der Waals surface area (Å²) in [5, 5.41) is 16.6. The number of nitrogens with zero attached hydrogens (tertiary/aromatic N) is 3. The number of β-amino-alcohol motifs (C(OH)–C–C–N with tert-alkyl or cyclic N) is 1. The predicted octanol–water partition coefficient (Wildman–Crippen LogP) is 0.837. The molecule has 0 saturated heterocycles. The highest BCUT2D eigenvalue weighted by Crippen LogP contribution is 2.16. The smallest absolute Gasteiger partial charge is 0.274 e. The summed E-state index contributed by atoms with van der Waals surface area (Å²) in [5.74, 6) is 0.232. The van der Waals surface area contributed by atoms with Crippen LogP contribution >= 0.6 is 0 Å². The third-order valence-electron chi connectivity index (χ3n) is 4.45. The normalized spacial score (nSPS) is 16.3. The molecule has 27 heavy (non-hydrogen) atoms. The molecule has 144 valence electrons. The van der Waals surface area contributed by atoms with Gasteiger partial charge in [-0.1, -0.05) is 18.2 Å². The van der Waals surface area contributed by atoms with E-state index in [-0.39, 0.29) is 36.3 Å². The van der Waals surface area contributed by atoms with Crippen molar-refractivity contribution in [2.24, 2.45) is 0 Å². The fourth-order valence-electron chi connectivity index (χ4n) is 2.91. The maximum Gasteiger partial charge on any atom is 0.274 e. The van der Waals surface area contributed by atoms with Crippen LogP contribution in [0.1, 0.15) is 33.0 Å². The average molecular weight is 372 g/mol. The molecule has 1 atom stereocenters. The van der Waals surface area contributed by atoms with Gasteiger partial charge in [0.2, 0.25) is 0 Å². The molecule has 0 aliphatic carbocycles. The molecule has 8 nitrogen and oxygen atoms in total. The highest BCUT2D eigenvalue weighted by molar-refractivity contribution is 5.98. The summed E-state index contributed by atoms with van der Waals surface area (Å²) in [5.41, 5.74) is 1.55. The molecule has 2 aromatic rings. The van der Waals surface area contributed by atoms with Gasteiger partial charge in [-0.15, -0.1) is 0 Å². The largest absolute Gasteiger partial charge is 0.493 e. The minimum absolute atomic E-state index is 0.173. The van der Waals surface area contributed by atoms with Gasteiger partial charge in [0.1, 0.15) is 11.4 Å². The first-order valence-corrected chi connectivity index (χ1v) is 8.93. The van der Waals surface area contributed by atoms with E-state index in [9.17, 15) is 14.7 Å². The van der Waals surface area contributed by atoms with E-state index >= 15 is 0 Å². The number of nitrogens with one attached hydrogen (secondary N) is 1. The van der Waals surface area contributed by atoms with Gasteiger partial charge in [-0.25, -0.2) is 0 Å². The Balaban J connectivity index is 1.55. The van der Waals surface area contributed by atoms with Gasteiger partial charge in [-0.3, -0.25) is 14.3 Å². The standard InChI is InChI=1S/C19H24N4O4/c1-13-6-3-4-7-17(13)27-9-5-8-22(2)19(26)15-10-16-18(25)20-11-14(24)12-23(16)21-15/h3-4,6-7,10,14,24H,5,8-9,11-12H2,1-2H3,(H,20,25). The minimum atomic E-state index is -0.727. The van der Waals surface area contributed by atoms with Gasteiger partial charge < -0.3 is 20.1 Å². The second-order valence-electron chi connectivity index (χ2n) is 6.65. The Morgan fingerprint density at radius 2 is 2.22 bits per heavy atom. The fraction of sp³-hybridized carbons (Fsp3) is 0.421. The Morgan fingerprint density at radius 3 is 3.00 bits per heavy atom. The Labute approximate surface area is 157 Å². The van der Waals surface area contributed by atoms with Crippen LogP contribution in [0, 0.1) is 6.92 Å². The highest BCUT2D eigenvalue weighted by atomic mass is 16.5. The summed E-state index contributed by atoms with van der Waals surface area (Å²) >= 11 is 0. The van der Waals surface area contributed by atoms with Crippen LogP contribution in [-0.2, 0) is 6.54 Å². The van der Waals surface area contributed by atoms with E-state index in [2.05, 4.69) is 10.4 Å². The fourth-order valence-corrected chi connectivity index (χ4v) is 2.91. The topological polar surface area (TPSA) is 96.7 Å². The van der Waals surface area contributed by atoms with E-state index in [0.29, 0.717) is 19.6 Å². The van der Waals surface area contributed by atoms with Gasteiger partial charge in [0, 0.05) is 26.2 Å². The third-order valence-corrected chi connectivity index (χ3v) is 4.45. The number of carbonyl (C=O) groups is 2. The summed E-state index contributed by atoms with van der Waals surface area (Å²) < 4.78 is 7.12. The van der Waals surface area contributed by atoms with Crippen LogP contribution in [-0.4, -0.2) is 64.4 Å². The predicted molar refractivity (Wildman–Crippen MR) is 98.8 cm³/mol. The van der Waals surface area contributed by atoms with Gasteiger partial charge >= 0.3 is 0 Å². The molecule has 8 heteroatoms. The van der Waals surface area contributed by atoms with Gasteiger partial charge in [-0.05, 0) is 25.0 Å². The van der Waals surface area contributed by atoms with Crippen molar-refractivity contribution in [3.8, 4) is 5.75 Å². The maximum atomic E-state index is 12.6. The van der Waals surface area contributed by atoms with Gasteiger partial charge in [0.05, 0.1) is 19.3 Å². The summed E-state index contributed by atoms with van der Waals surface area (Å²) in [7, 11) is 1.69. The summed E-state index contributed by atoms with van der Waals surface area (Å²) in [4.78, 5) is 26.1. The highest BCUT2D eigenvalue weighted by Gasteiger charge is 2.25. The second-order valence-corrected chi connectivity index (χ2v) is 6.65. The van der Waals surface area contributed by atoms with Crippen molar-refractivity contribution in [1.82, 2.24) is 20.0 Å². The summed E-state index contributed by atoms with van der Waals surface area (Å²) in [6.07, 6.45) is -0.0575. The minimum Gasteiger partial charge on any atom is -0.493 e. The molecule has 0 fully saturated rings. The maximum absolute atomic E-state index is 12.6. The molecule has 0 radical (unpaired) electrons. The molecule has 0 saturated carbocycles. The summed E-state index contributed by atoms with van der Waals surface area (Å²) in [6.45, 7) is 3.33. The molecule has 2 heterocycles. The molecule has 1 aromatic heterocycles. The number of rotatable bonds is 6. The van der Waals surface area contributed by atoms with Crippen LogP contribution < -0.4 is 10.1 Å². The van der Waals surface area contributed by atoms with E-state index < -0.39 is 6.10 Å². The Morgan fingerprint density at radius 1 is 1.44 bits per heavy atom. The van der Waals surface area contributed by atoms with Gasteiger partial charge in [0.15, 0.2) is 5.69 Å². The first-order chi connectivity index (χ1) is 13.0. The zero-order valence-corrected chi connectivity index (χ0v) is 15.5. The van der Waals surface area contributed by atoms with Crippen LogP contribution in [0.5, 0.6) is 5.75 Å². The number of aryl methyl sites for hydroxylation is 1. The zero-order valence-electron chi connectivity index (χ0n) is 15.5. The van der Waals surface area contributed by atoms with Crippen molar-refractivity contribution in [3.63, 3.8) is 0 Å². The monoisotopic (exact) mass is 372 g/mol. The lowest BCUT2D eigenvalue weighted by Gasteiger charge is -2.16. The molecule has 1 unspecified atom stereocenters. The molecule has 1 aromatic carbocycles. The molecule has 2 N–H and O–H groups in total. The number of hydrogen-bond acceptors (Lipinski definition) is 5. The molecule has 1 aliphatic rings. The van der Waals surface area contributed by atoms with E-state index in [1.165, 1.54) is 10.7 Å². The number of fused-ring (bicyclic) bond motifs is 1. The van der Waals surface area contributed by atoms with Crippen molar-refractivity contribution < 1.29 is 19.4 Å². The van der Waals surface area contributed by atoms with E-state index in [0.717, 1.165) is 11.3 Å². The number of carbonyl (C=O) groups excluding carboxylic acids is 2. The zero-order chi connectivity index (χ0) is 19.4. The lowest BCUT2D eigenvalue weighted by Crippen LogP contribution is -2.31. The lowest BCUT2D eigenvalue weighted by molar-refractivity contribution is 0.0779. The number of aliphatic hydroxyl groups excluding tert-OH is 1. The van der Waals surface area contributed by atoms with Crippen LogP contribution in [0.2, 0.25) is 0 Å². The second kappa shape index (κ2) is 8.22. The van der Waals surface area contributed by atoms with Gasteiger partial charge in [0.25, 0.3) is 11.8 Å². The number of aliphatic hydroxyl groups is 1. The molecule has 3 rings (SSSR count). The van der Waals surface area contributed by atoms with Gasteiger partial charge in [-0.2, -0.15) is 5.10 Å².